The molecule has 0 saturated carbocycles. The average Bonchev–Trinajstić information content (AvgIpc) is 3.28. The summed E-state index contributed by atoms with van der Waals surface area (Å²) < 4.78 is 2.26. The first kappa shape index (κ1) is 25.4. The second-order valence-electron chi connectivity index (χ2n) is 8.51. The van der Waals surface area contributed by atoms with Crippen LogP contribution in [-0.2, 0) is 0 Å². The zero-order valence-corrected chi connectivity index (χ0v) is 21.5. The van der Waals surface area contributed by atoms with Gasteiger partial charge in [0.1, 0.15) is 0 Å². The van der Waals surface area contributed by atoms with Gasteiger partial charge in [-0.3, -0.25) is 4.99 Å². The number of imidazole rings is 1. The number of piperazine rings is 1. The first-order chi connectivity index (χ1) is 14.2. The van der Waals surface area contributed by atoms with Gasteiger partial charge in [-0.1, -0.05) is 13.8 Å². The summed E-state index contributed by atoms with van der Waals surface area (Å²) in [4.78, 5) is 16.8. The van der Waals surface area contributed by atoms with Gasteiger partial charge in [-0.2, -0.15) is 0 Å². The lowest BCUT2D eigenvalue weighted by atomic mass is 9.93. The Kier molecular flexibility index (Phi) is 11.4. The number of likely N-dealkylation sites (N-methyl/N-ethyl adjacent to an activating group) is 1. The lowest BCUT2D eigenvalue weighted by Gasteiger charge is -2.39. The molecule has 30 heavy (non-hydrogen) atoms. The van der Waals surface area contributed by atoms with Gasteiger partial charge in [-0.25, -0.2) is 4.98 Å². The largest absolute Gasteiger partial charge is 0.357 e. The Labute approximate surface area is 200 Å². The predicted molar refractivity (Wildman–Crippen MR) is 136 cm³/mol. The number of aromatic nitrogens is 2. The maximum atomic E-state index is 4.97. The van der Waals surface area contributed by atoms with Crippen LogP contribution in [0.15, 0.2) is 23.7 Å². The molecule has 2 aliphatic rings. The van der Waals surface area contributed by atoms with Crippen molar-refractivity contribution < 1.29 is 0 Å². The molecule has 172 valence electrons. The summed E-state index contributed by atoms with van der Waals surface area (Å²) >= 11 is 0. The molecule has 7 nitrogen and oxygen atoms in total. The van der Waals surface area contributed by atoms with E-state index in [1.165, 1.54) is 52.1 Å². The van der Waals surface area contributed by atoms with Crippen LogP contribution in [0.4, 0.5) is 0 Å². The van der Waals surface area contributed by atoms with Crippen molar-refractivity contribution in [3.05, 3.63) is 18.7 Å². The molecule has 1 N–H and O–H groups in total. The van der Waals surface area contributed by atoms with E-state index in [1.54, 1.807) is 0 Å². The highest BCUT2D eigenvalue weighted by Crippen LogP contribution is 2.27. The second kappa shape index (κ2) is 13.5. The van der Waals surface area contributed by atoms with E-state index >= 15 is 0 Å². The first-order valence-corrected chi connectivity index (χ1v) is 11.7. The van der Waals surface area contributed by atoms with E-state index in [4.69, 9.17) is 4.99 Å². The number of likely N-dealkylation sites (tertiary alicyclic amines) is 1. The molecule has 3 rings (SSSR count). The third kappa shape index (κ3) is 7.37. The van der Waals surface area contributed by atoms with Crippen LogP contribution in [0.2, 0.25) is 0 Å². The van der Waals surface area contributed by atoms with Crippen LogP contribution in [-0.4, -0.2) is 95.7 Å². The van der Waals surface area contributed by atoms with Gasteiger partial charge in [-0.05, 0) is 45.2 Å². The van der Waals surface area contributed by atoms with E-state index in [2.05, 4.69) is 56.5 Å². The van der Waals surface area contributed by atoms with Crippen LogP contribution in [0.3, 0.4) is 0 Å². The van der Waals surface area contributed by atoms with Crippen LogP contribution in [0.25, 0.3) is 0 Å². The highest BCUT2D eigenvalue weighted by molar-refractivity contribution is 14.0. The zero-order chi connectivity index (χ0) is 20.5. The number of rotatable bonds is 8. The normalized spacial score (nSPS) is 24.0. The van der Waals surface area contributed by atoms with Crippen molar-refractivity contribution in [2.75, 3.05) is 65.4 Å². The van der Waals surface area contributed by atoms with Gasteiger partial charge in [0.25, 0.3) is 0 Å². The number of piperidine rings is 1. The summed E-state index contributed by atoms with van der Waals surface area (Å²) in [5.41, 5.74) is 0. The van der Waals surface area contributed by atoms with Crippen molar-refractivity contribution in [3.63, 3.8) is 0 Å². The molecule has 3 heterocycles. The summed E-state index contributed by atoms with van der Waals surface area (Å²) in [6.45, 7) is 18.0. The van der Waals surface area contributed by atoms with Crippen molar-refractivity contribution in [2.45, 2.75) is 46.1 Å². The Balaban J connectivity index is 0.00000320. The van der Waals surface area contributed by atoms with Crippen LogP contribution in [0.5, 0.6) is 0 Å². The molecule has 2 fully saturated rings. The van der Waals surface area contributed by atoms with Gasteiger partial charge in [0.2, 0.25) is 0 Å². The van der Waals surface area contributed by atoms with Crippen molar-refractivity contribution >= 4 is 29.9 Å². The third-order valence-corrected chi connectivity index (χ3v) is 6.52. The standard InChI is InChI=1S/C22H41N7.HI/c1-4-24-22(25-9-6-7-11-27-16-14-26(5-2)15-17-27)28-12-8-20(3)21(18-28)29-13-10-23-19-29;/h10,13,19-21H,4-9,11-12,14-18H2,1-3H3,(H,24,25);1H. The minimum absolute atomic E-state index is 0. The zero-order valence-electron chi connectivity index (χ0n) is 19.2. The molecule has 0 spiro atoms. The number of aliphatic imine (C=N–C) groups is 1. The van der Waals surface area contributed by atoms with Crippen LogP contribution >= 0.6 is 24.0 Å². The predicted octanol–water partition coefficient (Wildman–Crippen LogP) is 2.77. The van der Waals surface area contributed by atoms with Crippen molar-refractivity contribution in [1.82, 2.24) is 29.6 Å². The fraction of sp³-hybridized carbons (Fsp3) is 0.818. The van der Waals surface area contributed by atoms with Gasteiger partial charge < -0.3 is 24.6 Å². The molecule has 0 aliphatic carbocycles. The summed E-state index contributed by atoms with van der Waals surface area (Å²) in [7, 11) is 0. The summed E-state index contributed by atoms with van der Waals surface area (Å²) in [6.07, 6.45) is 9.52. The Morgan fingerprint density at radius 3 is 2.53 bits per heavy atom. The fourth-order valence-electron chi connectivity index (χ4n) is 4.48. The molecule has 2 atom stereocenters. The quantitative estimate of drug-likeness (QED) is 0.242. The molecule has 2 aliphatic heterocycles. The van der Waals surface area contributed by atoms with Gasteiger partial charge in [0.05, 0.1) is 12.4 Å². The number of halogens is 1. The lowest BCUT2D eigenvalue weighted by Crippen LogP contribution is -2.49. The number of guanidine groups is 1. The summed E-state index contributed by atoms with van der Waals surface area (Å²) in [6, 6.07) is 0.469. The Hall–Kier alpha value is -0.870. The van der Waals surface area contributed by atoms with Gasteiger partial charge in [0, 0.05) is 64.8 Å². The lowest BCUT2D eigenvalue weighted by molar-refractivity contribution is 0.136. The van der Waals surface area contributed by atoms with E-state index < -0.39 is 0 Å². The fourth-order valence-corrected chi connectivity index (χ4v) is 4.48. The number of nitrogens with one attached hydrogen (secondary N) is 1. The van der Waals surface area contributed by atoms with Crippen LogP contribution in [0, 0.1) is 5.92 Å². The minimum atomic E-state index is 0. The van der Waals surface area contributed by atoms with Crippen LogP contribution in [0.1, 0.15) is 46.1 Å². The highest BCUT2D eigenvalue weighted by Gasteiger charge is 2.28. The van der Waals surface area contributed by atoms with E-state index in [-0.39, 0.29) is 24.0 Å². The Morgan fingerprint density at radius 2 is 1.87 bits per heavy atom. The smallest absolute Gasteiger partial charge is 0.193 e. The maximum absolute atomic E-state index is 4.97. The second-order valence-corrected chi connectivity index (χ2v) is 8.51. The molecule has 1 aromatic rings. The number of unbranched alkanes of at least 4 members (excludes halogenated alkanes) is 1. The molecule has 0 radical (unpaired) electrons. The van der Waals surface area contributed by atoms with Gasteiger partial charge >= 0.3 is 0 Å². The molecular weight excluding hydrogens is 489 g/mol. The van der Waals surface area contributed by atoms with Gasteiger partial charge in [0.15, 0.2) is 5.96 Å². The molecule has 1 aromatic heterocycles. The molecule has 0 aromatic carbocycles. The summed E-state index contributed by atoms with van der Waals surface area (Å²) in [5, 5.41) is 3.52. The number of nitrogens with zero attached hydrogens (tertiary/aromatic N) is 6. The van der Waals surface area contributed by atoms with Gasteiger partial charge in [-0.15, -0.1) is 24.0 Å². The molecule has 0 bridgehead atoms. The average molecular weight is 532 g/mol. The van der Waals surface area contributed by atoms with Crippen molar-refractivity contribution in [1.29, 1.82) is 0 Å². The molecule has 2 saturated heterocycles. The third-order valence-electron chi connectivity index (χ3n) is 6.52. The van der Waals surface area contributed by atoms with E-state index in [9.17, 15) is 0 Å². The number of hydrogen-bond donors (Lipinski definition) is 1. The van der Waals surface area contributed by atoms with Crippen molar-refractivity contribution in [2.24, 2.45) is 10.9 Å². The molecule has 8 heteroatoms. The molecular formula is C22H42IN7. The molecule has 2 unspecified atom stereocenters. The molecule has 0 amide bonds. The number of hydrogen-bond acceptors (Lipinski definition) is 4. The maximum Gasteiger partial charge on any atom is 0.193 e. The monoisotopic (exact) mass is 531 g/mol. The topological polar surface area (TPSA) is 51.9 Å². The van der Waals surface area contributed by atoms with E-state index in [1.807, 2.05) is 12.5 Å². The summed E-state index contributed by atoms with van der Waals surface area (Å²) in [5.74, 6) is 1.75. The van der Waals surface area contributed by atoms with E-state index in [0.717, 1.165) is 38.6 Å². The van der Waals surface area contributed by atoms with E-state index in [0.29, 0.717) is 12.0 Å². The minimum Gasteiger partial charge on any atom is -0.357 e. The van der Waals surface area contributed by atoms with Crippen LogP contribution < -0.4 is 5.32 Å². The SMILES string of the molecule is CCNC(=NCCCCN1CCN(CC)CC1)N1CCC(C)C(n2ccnc2)C1.I. The Morgan fingerprint density at radius 1 is 1.10 bits per heavy atom. The highest BCUT2D eigenvalue weighted by atomic mass is 127. The van der Waals surface area contributed by atoms with Crippen molar-refractivity contribution in [3.8, 4) is 0 Å². The Bertz CT molecular complexity index is 599. The first-order valence-electron chi connectivity index (χ1n) is 11.7.